The fraction of sp³-hybridized carbons (Fsp3) is 0.688. The van der Waals surface area contributed by atoms with Gasteiger partial charge in [0.15, 0.2) is 0 Å². The number of hydrogen-bond acceptors (Lipinski definition) is 4. The van der Waals surface area contributed by atoms with Crippen molar-refractivity contribution in [1.29, 1.82) is 0 Å². The molecule has 0 radical (unpaired) electrons. The average molecular weight is 276 g/mol. The Morgan fingerprint density at radius 3 is 2.75 bits per heavy atom. The third-order valence-corrected chi connectivity index (χ3v) is 3.91. The minimum Gasteiger partial charge on any atom is -0.355 e. The summed E-state index contributed by atoms with van der Waals surface area (Å²) in [5.41, 5.74) is 2.55. The molecule has 0 saturated carbocycles. The zero-order valence-electron chi connectivity index (χ0n) is 13.2. The van der Waals surface area contributed by atoms with Crippen molar-refractivity contribution in [3.8, 4) is 0 Å². The number of nitrogens with zero attached hydrogens (tertiary/aromatic N) is 3. The first-order valence-electron chi connectivity index (χ1n) is 7.87. The van der Waals surface area contributed by atoms with Crippen LogP contribution in [0.25, 0.3) is 0 Å². The van der Waals surface area contributed by atoms with Crippen LogP contribution in [0, 0.1) is 0 Å². The van der Waals surface area contributed by atoms with Crippen LogP contribution in [0.4, 0.5) is 5.82 Å². The van der Waals surface area contributed by atoms with Gasteiger partial charge in [-0.2, -0.15) is 0 Å². The largest absolute Gasteiger partial charge is 0.355 e. The summed E-state index contributed by atoms with van der Waals surface area (Å²) in [5.74, 6) is 1.16. The van der Waals surface area contributed by atoms with Crippen LogP contribution in [0.2, 0.25) is 0 Å². The van der Waals surface area contributed by atoms with Gasteiger partial charge >= 0.3 is 0 Å². The van der Waals surface area contributed by atoms with Gasteiger partial charge in [-0.25, -0.2) is 4.98 Å². The molecule has 1 aromatic heterocycles. The molecule has 1 N–H and O–H groups in total. The molecule has 1 aliphatic rings. The van der Waals surface area contributed by atoms with Gasteiger partial charge in [0.25, 0.3) is 0 Å². The summed E-state index contributed by atoms with van der Waals surface area (Å²) in [6.07, 6.45) is 2.22. The van der Waals surface area contributed by atoms with Crippen molar-refractivity contribution in [2.75, 3.05) is 44.7 Å². The summed E-state index contributed by atoms with van der Waals surface area (Å²) in [5, 5.41) is 3.41. The van der Waals surface area contributed by atoms with E-state index in [-0.39, 0.29) is 0 Å². The number of anilines is 1. The molecular weight excluding hydrogens is 248 g/mol. The quantitative estimate of drug-likeness (QED) is 0.890. The molecule has 0 spiro atoms. The molecule has 0 unspecified atom stereocenters. The van der Waals surface area contributed by atoms with Gasteiger partial charge in [-0.05, 0) is 50.7 Å². The molecule has 20 heavy (non-hydrogen) atoms. The van der Waals surface area contributed by atoms with E-state index in [1.54, 1.807) is 0 Å². The van der Waals surface area contributed by atoms with E-state index in [1.807, 2.05) is 0 Å². The van der Waals surface area contributed by atoms with E-state index in [4.69, 9.17) is 4.98 Å². The van der Waals surface area contributed by atoms with E-state index in [1.165, 1.54) is 24.2 Å². The normalized spacial score (nSPS) is 17.2. The van der Waals surface area contributed by atoms with Crippen molar-refractivity contribution < 1.29 is 0 Å². The van der Waals surface area contributed by atoms with Crippen LogP contribution < -0.4 is 10.2 Å². The Balaban J connectivity index is 2.16. The van der Waals surface area contributed by atoms with Crippen molar-refractivity contribution in [3.63, 3.8) is 0 Å². The zero-order chi connectivity index (χ0) is 14.4. The second kappa shape index (κ2) is 7.60. The van der Waals surface area contributed by atoms with Crippen molar-refractivity contribution in [1.82, 2.24) is 15.2 Å². The van der Waals surface area contributed by atoms with Gasteiger partial charge in [-0.1, -0.05) is 13.8 Å². The number of likely N-dealkylation sites (N-methyl/N-ethyl adjacent to an activating group) is 1. The van der Waals surface area contributed by atoms with Crippen LogP contribution >= 0.6 is 0 Å². The van der Waals surface area contributed by atoms with E-state index in [0.29, 0.717) is 0 Å². The SMILES string of the molecule is CCNCc1cc(CC)nc(N2CCCN(C)CC2)c1. The Kier molecular flexibility index (Phi) is 5.80. The second-order valence-corrected chi connectivity index (χ2v) is 5.60. The predicted octanol–water partition coefficient (Wildman–Crippen LogP) is 1.90. The van der Waals surface area contributed by atoms with Gasteiger partial charge in [0, 0.05) is 31.9 Å². The molecule has 1 fully saturated rings. The summed E-state index contributed by atoms with van der Waals surface area (Å²) in [4.78, 5) is 9.68. The molecule has 4 heteroatoms. The lowest BCUT2D eigenvalue weighted by Crippen LogP contribution is -2.29. The lowest BCUT2D eigenvalue weighted by Gasteiger charge is -2.23. The van der Waals surface area contributed by atoms with Crippen LogP contribution in [-0.4, -0.2) is 49.7 Å². The Hall–Kier alpha value is -1.13. The van der Waals surface area contributed by atoms with E-state index in [0.717, 1.165) is 45.0 Å². The zero-order valence-corrected chi connectivity index (χ0v) is 13.2. The molecule has 0 aromatic carbocycles. The Labute approximate surface area is 123 Å². The predicted molar refractivity (Wildman–Crippen MR) is 85.3 cm³/mol. The first kappa shape index (κ1) is 15.3. The first-order chi connectivity index (χ1) is 9.72. The standard InChI is InChI=1S/C16H28N4/c1-4-15-11-14(13-17-5-2)12-16(18-15)20-8-6-7-19(3)9-10-20/h11-12,17H,4-10,13H2,1-3H3. The van der Waals surface area contributed by atoms with Gasteiger partial charge in [0.05, 0.1) is 0 Å². The molecular formula is C16H28N4. The summed E-state index contributed by atoms with van der Waals surface area (Å²) < 4.78 is 0. The maximum Gasteiger partial charge on any atom is 0.129 e. The minimum absolute atomic E-state index is 0.937. The smallest absolute Gasteiger partial charge is 0.129 e. The highest BCUT2D eigenvalue weighted by Gasteiger charge is 2.14. The number of pyridine rings is 1. The van der Waals surface area contributed by atoms with Crippen LogP contribution in [0.3, 0.4) is 0 Å². The van der Waals surface area contributed by atoms with Crippen LogP contribution in [-0.2, 0) is 13.0 Å². The van der Waals surface area contributed by atoms with Crippen molar-refractivity contribution in [3.05, 3.63) is 23.4 Å². The maximum absolute atomic E-state index is 4.83. The highest BCUT2D eigenvalue weighted by atomic mass is 15.2. The molecule has 2 rings (SSSR count). The van der Waals surface area contributed by atoms with Gasteiger partial charge < -0.3 is 15.1 Å². The van der Waals surface area contributed by atoms with E-state index in [2.05, 4.69) is 48.1 Å². The van der Waals surface area contributed by atoms with Gasteiger partial charge in [0.2, 0.25) is 0 Å². The molecule has 0 bridgehead atoms. The average Bonchev–Trinajstić information content (AvgIpc) is 2.69. The number of aryl methyl sites for hydroxylation is 1. The topological polar surface area (TPSA) is 31.4 Å². The van der Waals surface area contributed by atoms with Crippen LogP contribution in [0.5, 0.6) is 0 Å². The molecule has 0 atom stereocenters. The van der Waals surface area contributed by atoms with E-state index < -0.39 is 0 Å². The van der Waals surface area contributed by atoms with Gasteiger partial charge in [-0.3, -0.25) is 0 Å². The van der Waals surface area contributed by atoms with E-state index in [9.17, 15) is 0 Å². The molecule has 1 saturated heterocycles. The monoisotopic (exact) mass is 276 g/mol. The molecule has 0 amide bonds. The fourth-order valence-electron chi connectivity index (χ4n) is 2.62. The highest BCUT2D eigenvalue weighted by Crippen LogP contribution is 2.17. The molecule has 112 valence electrons. The molecule has 0 aliphatic carbocycles. The van der Waals surface area contributed by atoms with Crippen molar-refractivity contribution >= 4 is 5.82 Å². The minimum atomic E-state index is 0.937. The Morgan fingerprint density at radius 2 is 2.00 bits per heavy atom. The lowest BCUT2D eigenvalue weighted by molar-refractivity contribution is 0.360. The van der Waals surface area contributed by atoms with Crippen molar-refractivity contribution in [2.24, 2.45) is 0 Å². The Bertz CT molecular complexity index is 419. The van der Waals surface area contributed by atoms with Gasteiger partial charge in [-0.15, -0.1) is 0 Å². The van der Waals surface area contributed by atoms with Crippen molar-refractivity contribution in [2.45, 2.75) is 33.2 Å². The van der Waals surface area contributed by atoms with Gasteiger partial charge in [0.1, 0.15) is 5.82 Å². The number of rotatable bonds is 5. The molecule has 4 nitrogen and oxygen atoms in total. The number of hydrogen-bond donors (Lipinski definition) is 1. The third kappa shape index (κ3) is 4.18. The summed E-state index contributed by atoms with van der Waals surface area (Å²) >= 11 is 0. The maximum atomic E-state index is 4.83. The molecule has 2 heterocycles. The second-order valence-electron chi connectivity index (χ2n) is 5.60. The van der Waals surface area contributed by atoms with E-state index >= 15 is 0 Å². The van der Waals surface area contributed by atoms with Crippen LogP contribution in [0.1, 0.15) is 31.5 Å². The summed E-state index contributed by atoms with van der Waals surface area (Å²) in [7, 11) is 2.20. The summed E-state index contributed by atoms with van der Waals surface area (Å²) in [6.45, 7) is 10.8. The third-order valence-electron chi connectivity index (χ3n) is 3.91. The lowest BCUT2D eigenvalue weighted by atomic mass is 10.2. The molecule has 1 aliphatic heterocycles. The molecule has 1 aromatic rings. The number of nitrogens with one attached hydrogen (secondary N) is 1. The summed E-state index contributed by atoms with van der Waals surface area (Å²) in [6, 6.07) is 4.49. The Morgan fingerprint density at radius 1 is 1.15 bits per heavy atom. The first-order valence-corrected chi connectivity index (χ1v) is 7.87. The fourth-order valence-corrected chi connectivity index (χ4v) is 2.62. The number of aromatic nitrogens is 1. The van der Waals surface area contributed by atoms with Crippen LogP contribution in [0.15, 0.2) is 12.1 Å². The highest BCUT2D eigenvalue weighted by molar-refractivity contribution is 5.43.